The molecule has 3 atom stereocenters. The molecule has 8 nitrogen and oxygen atoms in total. The Kier molecular flexibility index (Phi) is 7.72. The average molecular weight is 491 g/mol. The fourth-order valence-electron chi connectivity index (χ4n) is 4.99. The predicted molar refractivity (Wildman–Crippen MR) is 140 cm³/mol. The quantitative estimate of drug-likeness (QED) is 0.612. The van der Waals surface area contributed by atoms with E-state index in [1.807, 2.05) is 54.3 Å². The number of hydrazone groups is 1. The molecule has 8 heteroatoms. The second-order valence-corrected chi connectivity index (χ2v) is 9.84. The van der Waals surface area contributed by atoms with Crippen LogP contribution in [0.25, 0.3) is 0 Å². The summed E-state index contributed by atoms with van der Waals surface area (Å²) in [5, 5.41) is 8.96. The molecule has 2 amide bonds. The van der Waals surface area contributed by atoms with Crippen LogP contribution in [0, 0.1) is 18.8 Å². The lowest BCUT2D eigenvalue weighted by Gasteiger charge is -2.35. The van der Waals surface area contributed by atoms with Gasteiger partial charge in [-0.1, -0.05) is 38.1 Å². The van der Waals surface area contributed by atoms with Crippen molar-refractivity contribution in [1.82, 2.24) is 4.90 Å². The number of para-hydroxylation sites is 1. The highest BCUT2D eigenvalue weighted by atomic mass is 16.5. The third-order valence-corrected chi connectivity index (χ3v) is 6.64. The SMILES string of the molecule is CCOC(=O)C1=NN(c2ccccc2)C(C(=O)Nc2cc(C(=O)N3CC(C)CC(C)C3)ccc2C)C1. The predicted octanol–water partition coefficient (Wildman–Crippen LogP) is 4.25. The Bertz CT molecular complexity index is 1150. The number of esters is 1. The Hall–Kier alpha value is -3.68. The van der Waals surface area contributed by atoms with E-state index in [9.17, 15) is 14.4 Å². The first-order valence-electron chi connectivity index (χ1n) is 12.6. The van der Waals surface area contributed by atoms with Crippen molar-refractivity contribution in [3.05, 3.63) is 59.7 Å². The van der Waals surface area contributed by atoms with Crippen LogP contribution in [0.1, 0.15) is 49.5 Å². The second kappa shape index (κ2) is 10.9. The first kappa shape index (κ1) is 25.4. The number of hydrogen-bond donors (Lipinski definition) is 1. The van der Waals surface area contributed by atoms with Crippen molar-refractivity contribution < 1.29 is 19.1 Å². The van der Waals surface area contributed by atoms with E-state index in [-0.39, 0.29) is 30.6 Å². The minimum absolute atomic E-state index is 0.0244. The molecule has 36 heavy (non-hydrogen) atoms. The molecule has 1 saturated heterocycles. The summed E-state index contributed by atoms with van der Waals surface area (Å²) in [6.07, 6.45) is 1.24. The number of nitrogens with zero attached hydrogens (tertiary/aromatic N) is 3. The number of piperidine rings is 1. The molecule has 4 rings (SSSR count). The molecule has 2 aliphatic rings. The first-order valence-corrected chi connectivity index (χ1v) is 12.6. The molecule has 2 aliphatic heterocycles. The average Bonchev–Trinajstić information content (AvgIpc) is 3.31. The number of benzene rings is 2. The number of aryl methyl sites for hydroxylation is 1. The molecule has 2 aromatic rings. The van der Waals surface area contributed by atoms with Crippen molar-refractivity contribution >= 4 is 34.9 Å². The molecular formula is C28H34N4O4. The van der Waals surface area contributed by atoms with Crippen molar-refractivity contribution in [3.8, 4) is 0 Å². The van der Waals surface area contributed by atoms with Crippen molar-refractivity contribution in [3.63, 3.8) is 0 Å². The monoisotopic (exact) mass is 490 g/mol. The number of ether oxygens (including phenoxy) is 1. The minimum Gasteiger partial charge on any atom is -0.461 e. The van der Waals surface area contributed by atoms with Crippen LogP contribution in [0.3, 0.4) is 0 Å². The van der Waals surface area contributed by atoms with Crippen molar-refractivity contribution in [2.75, 3.05) is 30.0 Å². The van der Waals surface area contributed by atoms with Gasteiger partial charge in [0, 0.05) is 30.8 Å². The van der Waals surface area contributed by atoms with Crippen LogP contribution in [-0.2, 0) is 14.3 Å². The van der Waals surface area contributed by atoms with Crippen LogP contribution >= 0.6 is 0 Å². The van der Waals surface area contributed by atoms with E-state index in [0.717, 1.165) is 25.1 Å². The van der Waals surface area contributed by atoms with Gasteiger partial charge in [-0.15, -0.1) is 0 Å². The van der Waals surface area contributed by atoms with E-state index < -0.39 is 12.0 Å². The Labute approximate surface area is 212 Å². The lowest BCUT2D eigenvalue weighted by Crippen LogP contribution is -2.42. The van der Waals surface area contributed by atoms with Gasteiger partial charge in [0.25, 0.3) is 5.91 Å². The zero-order chi connectivity index (χ0) is 25.8. The van der Waals surface area contributed by atoms with Gasteiger partial charge in [-0.05, 0) is 61.9 Å². The molecule has 0 spiro atoms. The standard InChI is InChI=1S/C28H34N4O4/c1-5-36-28(35)24-15-25(32(30-24)22-9-7-6-8-10-22)26(33)29-23-14-21(12-11-20(23)4)27(34)31-16-18(2)13-19(3)17-31/h6-12,14,18-19,25H,5,13,15-17H2,1-4H3,(H,29,33). The smallest absolute Gasteiger partial charge is 0.354 e. The molecule has 3 unspecified atom stereocenters. The van der Waals surface area contributed by atoms with Gasteiger partial charge in [0.05, 0.1) is 12.3 Å². The lowest BCUT2D eigenvalue weighted by atomic mass is 9.91. The van der Waals surface area contributed by atoms with Gasteiger partial charge in [0.1, 0.15) is 11.8 Å². The first-order chi connectivity index (χ1) is 17.3. The van der Waals surface area contributed by atoms with Crippen LogP contribution in [0.15, 0.2) is 53.6 Å². The maximum absolute atomic E-state index is 13.5. The highest BCUT2D eigenvalue weighted by Gasteiger charge is 2.37. The van der Waals surface area contributed by atoms with E-state index in [1.54, 1.807) is 18.0 Å². The molecule has 0 aromatic heterocycles. The zero-order valence-electron chi connectivity index (χ0n) is 21.4. The fourth-order valence-corrected chi connectivity index (χ4v) is 4.99. The summed E-state index contributed by atoms with van der Waals surface area (Å²) >= 11 is 0. The summed E-state index contributed by atoms with van der Waals surface area (Å²) in [4.78, 5) is 41.0. The Morgan fingerprint density at radius 1 is 1.06 bits per heavy atom. The molecule has 2 heterocycles. The Morgan fingerprint density at radius 3 is 2.42 bits per heavy atom. The number of amides is 2. The summed E-state index contributed by atoms with van der Waals surface area (Å²) in [5.74, 6) is 0.0606. The van der Waals surface area contributed by atoms with E-state index in [2.05, 4.69) is 24.3 Å². The van der Waals surface area contributed by atoms with Gasteiger partial charge in [-0.25, -0.2) is 4.79 Å². The number of rotatable bonds is 6. The number of anilines is 2. The molecule has 0 aliphatic carbocycles. The topological polar surface area (TPSA) is 91.3 Å². The van der Waals surface area contributed by atoms with Crippen molar-refractivity contribution in [2.45, 2.75) is 46.6 Å². The van der Waals surface area contributed by atoms with E-state index in [1.165, 1.54) is 0 Å². The summed E-state index contributed by atoms with van der Waals surface area (Å²) < 4.78 is 5.12. The molecule has 0 radical (unpaired) electrons. The van der Waals surface area contributed by atoms with E-state index in [0.29, 0.717) is 28.8 Å². The third-order valence-electron chi connectivity index (χ3n) is 6.64. The maximum atomic E-state index is 13.5. The lowest BCUT2D eigenvalue weighted by molar-refractivity contribution is -0.135. The Morgan fingerprint density at radius 2 is 1.75 bits per heavy atom. The number of carbonyl (C=O) groups excluding carboxylic acids is 3. The molecule has 1 fully saturated rings. The third kappa shape index (κ3) is 5.58. The van der Waals surface area contributed by atoms with Crippen LogP contribution in [0.4, 0.5) is 11.4 Å². The van der Waals surface area contributed by atoms with Crippen LogP contribution in [-0.4, -0.2) is 54.1 Å². The number of hydrogen-bond acceptors (Lipinski definition) is 6. The molecule has 0 bridgehead atoms. The van der Waals surface area contributed by atoms with E-state index in [4.69, 9.17) is 4.74 Å². The normalized spacial score (nSPS) is 21.7. The van der Waals surface area contributed by atoms with E-state index >= 15 is 0 Å². The minimum atomic E-state index is -0.727. The summed E-state index contributed by atoms with van der Waals surface area (Å²) in [5.41, 5.74) is 2.87. The molecule has 2 aromatic carbocycles. The van der Waals surface area contributed by atoms with Crippen molar-refractivity contribution in [1.29, 1.82) is 0 Å². The number of nitrogens with one attached hydrogen (secondary N) is 1. The highest BCUT2D eigenvalue weighted by Crippen LogP contribution is 2.28. The Balaban J connectivity index is 1.54. The highest BCUT2D eigenvalue weighted by molar-refractivity contribution is 6.38. The zero-order valence-corrected chi connectivity index (χ0v) is 21.4. The summed E-state index contributed by atoms with van der Waals surface area (Å²) in [6, 6.07) is 13.9. The summed E-state index contributed by atoms with van der Waals surface area (Å²) in [7, 11) is 0. The summed E-state index contributed by atoms with van der Waals surface area (Å²) in [6.45, 7) is 9.66. The van der Waals surface area contributed by atoms with Gasteiger partial charge in [-0.2, -0.15) is 5.10 Å². The van der Waals surface area contributed by atoms with Crippen LogP contribution in [0.2, 0.25) is 0 Å². The molecule has 190 valence electrons. The molecule has 1 N–H and O–H groups in total. The van der Waals surface area contributed by atoms with Gasteiger partial charge in [0.2, 0.25) is 5.91 Å². The largest absolute Gasteiger partial charge is 0.461 e. The fraction of sp³-hybridized carbons (Fsp3) is 0.429. The van der Waals surface area contributed by atoms with Crippen LogP contribution in [0.5, 0.6) is 0 Å². The van der Waals surface area contributed by atoms with Gasteiger partial charge >= 0.3 is 5.97 Å². The van der Waals surface area contributed by atoms with Gasteiger partial charge < -0.3 is 15.0 Å². The second-order valence-electron chi connectivity index (χ2n) is 9.84. The van der Waals surface area contributed by atoms with Crippen molar-refractivity contribution in [2.24, 2.45) is 16.9 Å². The van der Waals surface area contributed by atoms with Gasteiger partial charge in [-0.3, -0.25) is 14.6 Å². The number of carbonyl (C=O) groups is 3. The maximum Gasteiger partial charge on any atom is 0.354 e. The molecule has 0 saturated carbocycles. The number of likely N-dealkylation sites (tertiary alicyclic amines) is 1. The van der Waals surface area contributed by atoms with Crippen LogP contribution < -0.4 is 10.3 Å². The van der Waals surface area contributed by atoms with Gasteiger partial charge in [0.15, 0.2) is 0 Å². The molecular weight excluding hydrogens is 456 g/mol.